The average molecular weight is 695 g/mol. The van der Waals surface area contributed by atoms with E-state index in [9.17, 15) is 0 Å². The van der Waals surface area contributed by atoms with Crippen molar-refractivity contribution in [2.75, 3.05) is 0 Å². The summed E-state index contributed by atoms with van der Waals surface area (Å²) < 4.78 is 9.19. The van der Waals surface area contributed by atoms with E-state index in [1.54, 1.807) is 0 Å². The molecule has 2 heterocycles. The smallest absolute Gasteiger partial charge is 0.157 e. The summed E-state index contributed by atoms with van der Waals surface area (Å²) in [4.78, 5) is 9.99. The zero-order valence-electron chi connectivity index (χ0n) is 29.4. The molecule has 0 saturated carbocycles. The minimum atomic E-state index is 0.383. The van der Waals surface area contributed by atoms with Gasteiger partial charge in [0.15, 0.2) is 5.84 Å². The Labute approximate surface area is 312 Å². The normalized spacial score (nSPS) is 12.4. The topological polar surface area (TPSA) is 68.8 Å². The molecule has 0 unspecified atom stereocenters. The number of rotatable bonds is 6. The van der Waals surface area contributed by atoms with Gasteiger partial charge in [0.05, 0.1) is 17.6 Å². The molecular weight excluding hydrogens is 661 g/mol. The highest BCUT2D eigenvalue weighted by molar-refractivity contribution is 6.16. The van der Waals surface area contributed by atoms with Crippen LogP contribution in [0.4, 0.5) is 0 Å². The van der Waals surface area contributed by atoms with Gasteiger partial charge in [-0.05, 0) is 58.3 Å². The first-order valence-corrected chi connectivity index (χ1v) is 18.1. The van der Waals surface area contributed by atoms with Crippen LogP contribution >= 0.6 is 0 Å². The Bertz CT molecular complexity index is 3070. The van der Waals surface area contributed by atoms with Crippen LogP contribution in [0.3, 0.4) is 0 Å². The van der Waals surface area contributed by atoms with E-state index in [-0.39, 0.29) is 0 Å². The van der Waals surface area contributed by atoms with Gasteiger partial charge >= 0.3 is 0 Å². The summed E-state index contributed by atoms with van der Waals surface area (Å²) in [5.74, 6) is 0.992. The fourth-order valence-corrected chi connectivity index (χ4v) is 7.74. The molecule has 0 radical (unpaired) electrons. The lowest BCUT2D eigenvalue weighted by atomic mass is 9.99. The molecule has 54 heavy (non-hydrogen) atoms. The maximum absolute atomic E-state index is 6.79. The molecule has 0 saturated heterocycles. The van der Waals surface area contributed by atoms with Crippen molar-refractivity contribution in [3.63, 3.8) is 0 Å². The summed E-state index contributed by atoms with van der Waals surface area (Å²) in [5.41, 5.74) is 16.5. The predicted octanol–water partition coefficient (Wildman–Crippen LogP) is 11.9. The molecule has 0 atom stereocenters. The van der Waals surface area contributed by atoms with Crippen LogP contribution in [0.25, 0.3) is 71.3 Å². The van der Waals surface area contributed by atoms with Crippen molar-refractivity contribution in [3.8, 4) is 16.8 Å². The van der Waals surface area contributed by atoms with Gasteiger partial charge in [0.1, 0.15) is 17.0 Å². The third kappa shape index (κ3) is 5.42. The van der Waals surface area contributed by atoms with Gasteiger partial charge in [-0.1, -0.05) is 146 Å². The van der Waals surface area contributed by atoms with E-state index in [1.165, 1.54) is 21.5 Å². The van der Waals surface area contributed by atoms with Crippen LogP contribution in [0, 0.1) is 0 Å². The Morgan fingerprint density at radius 2 is 1.22 bits per heavy atom. The van der Waals surface area contributed by atoms with Crippen LogP contribution in [0.1, 0.15) is 16.7 Å². The lowest BCUT2D eigenvalue weighted by Gasteiger charge is -2.12. The van der Waals surface area contributed by atoms with Gasteiger partial charge in [0, 0.05) is 43.9 Å². The maximum Gasteiger partial charge on any atom is 0.157 e. The molecule has 0 spiro atoms. The van der Waals surface area contributed by atoms with Gasteiger partial charge in [-0.3, -0.25) is 4.99 Å². The van der Waals surface area contributed by atoms with E-state index >= 15 is 0 Å². The molecule has 2 aromatic heterocycles. The zero-order valence-corrected chi connectivity index (χ0v) is 29.4. The van der Waals surface area contributed by atoms with Crippen molar-refractivity contribution in [1.29, 1.82) is 0 Å². The minimum absolute atomic E-state index is 0.383. The number of furan rings is 1. The van der Waals surface area contributed by atoms with Gasteiger partial charge in [-0.2, -0.15) is 0 Å². The first-order chi connectivity index (χ1) is 26.7. The Balaban J connectivity index is 1.21. The second kappa shape index (κ2) is 13.1. The van der Waals surface area contributed by atoms with Crippen LogP contribution in [0.5, 0.6) is 0 Å². The lowest BCUT2D eigenvalue weighted by molar-refractivity contribution is 0.669. The van der Waals surface area contributed by atoms with Gasteiger partial charge in [-0.25, -0.2) is 4.99 Å². The van der Waals surface area contributed by atoms with Crippen LogP contribution in [0.15, 0.2) is 196 Å². The van der Waals surface area contributed by atoms with E-state index in [4.69, 9.17) is 20.1 Å². The summed E-state index contributed by atoms with van der Waals surface area (Å²) in [7, 11) is 0. The number of hydrogen-bond donors (Lipinski definition) is 1. The lowest BCUT2D eigenvalue weighted by Crippen LogP contribution is -2.16. The molecule has 0 bridgehead atoms. The Hall–Kier alpha value is -7.24. The molecular formula is C49H34N4O. The molecule has 0 fully saturated rings. The van der Waals surface area contributed by atoms with Crippen molar-refractivity contribution in [1.82, 2.24) is 4.57 Å². The fourth-order valence-electron chi connectivity index (χ4n) is 7.74. The first kappa shape index (κ1) is 31.5. The monoisotopic (exact) mass is 694 g/mol. The number of nitrogens with two attached hydrogens (primary N) is 1. The summed E-state index contributed by atoms with van der Waals surface area (Å²) in [6.45, 7) is 0.383. The van der Waals surface area contributed by atoms with Gasteiger partial charge < -0.3 is 14.7 Å². The van der Waals surface area contributed by atoms with Crippen LogP contribution in [-0.2, 0) is 6.54 Å². The highest BCUT2D eigenvalue weighted by Crippen LogP contribution is 2.42. The van der Waals surface area contributed by atoms with Gasteiger partial charge in [0.2, 0.25) is 0 Å². The quantitative estimate of drug-likeness (QED) is 0.139. The second-order valence-corrected chi connectivity index (χ2v) is 13.6. The number of para-hydroxylation sites is 1. The Morgan fingerprint density at radius 1 is 0.556 bits per heavy atom. The van der Waals surface area contributed by atoms with E-state index < -0.39 is 0 Å². The number of aliphatic imine (C=N–C) groups is 2. The minimum Gasteiger partial charge on any atom is -0.455 e. The average Bonchev–Trinajstić information content (AvgIpc) is 3.77. The SMILES string of the molecule is NC(=NC(=NCc1cccc2oc3c(-c4ccccc4)cc(-n4c5ccccc5c5cc6ccccc6cc54)cc3c12)c1ccccc1)c1ccccc1. The summed E-state index contributed by atoms with van der Waals surface area (Å²) in [6, 6.07) is 63.0. The summed E-state index contributed by atoms with van der Waals surface area (Å²) in [6.07, 6.45) is 0. The third-order valence-corrected chi connectivity index (χ3v) is 10.3. The number of hydrogen-bond acceptors (Lipinski definition) is 2. The van der Waals surface area contributed by atoms with E-state index in [1.807, 2.05) is 72.8 Å². The molecule has 8 aromatic carbocycles. The zero-order chi connectivity index (χ0) is 36.0. The van der Waals surface area contributed by atoms with Crippen molar-refractivity contribution < 1.29 is 4.42 Å². The number of aromatic nitrogens is 1. The number of benzene rings is 8. The predicted molar refractivity (Wildman–Crippen MR) is 225 cm³/mol. The van der Waals surface area contributed by atoms with Gasteiger partial charge in [0.25, 0.3) is 0 Å². The molecule has 256 valence electrons. The molecule has 10 aromatic rings. The van der Waals surface area contributed by atoms with E-state index in [2.05, 4.69) is 114 Å². The molecule has 0 amide bonds. The van der Waals surface area contributed by atoms with E-state index in [0.29, 0.717) is 18.2 Å². The standard InChI is InChI=1S/C49H34N4O/c50-48(33-17-6-2-7-18-33)52-49(34-19-8-3-9-20-34)51-31-37-23-14-26-45-46(37)42-30-38(29-40(47(42)54-45)32-15-4-1-5-16-32)53-43-25-13-12-24-39(43)41-27-35-21-10-11-22-36(35)28-44(41)53/h1-30H,31H2,(H2,50,51,52). The van der Waals surface area contributed by atoms with Crippen LogP contribution < -0.4 is 5.73 Å². The number of fused-ring (bicyclic) bond motifs is 7. The Kier molecular flexibility index (Phi) is 7.62. The highest BCUT2D eigenvalue weighted by Gasteiger charge is 2.20. The second-order valence-electron chi connectivity index (χ2n) is 13.6. The Morgan fingerprint density at radius 3 is 2.00 bits per heavy atom. The van der Waals surface area contributed by atoms with Crippen LogP contribution in [0.2, 0.25) is 0 Å². The molecule has 10 rings (SSSR count). The maximum atomic E-state index is 6.79. The molecule has 2 N–H and O–H groups in total. The largest absolute Gasteiger partial charge is 0.455 e. The fraction of sp³-hybridized carbons (Fsp3) is 0.0204. The highest BCUT2D eigenvalue weighted by atomic mass is 16.3. The number of nitrogens with zero attached hydrogens (tertiary/aromatic N) is 3. The summed E-state index contributed by atoms with van der Waals surface area (Å²) >= 11 is 0. The van der Waals surface area contributed by atoms with Crippen molar-refractivity contribution in [2.45, 2.75) is 6.54 Å². The molecule has 0 aliphatic carbocycles. The third-order valence-electron chi connectivity index (χ3n) is 10.3. The van der Waals surface area contributed by atoms with Gasteiger partial charge in [-0.15, -0.1) is 0 Å². The van der Waals surface area contributed by atoms with Crippen molar-refractivity contribution in [3.05, 3.63) is 199 Å². The molecule has 5 heteroatoms. The molecule has 0 aliphatic rings. The van der Waals surface area contributed by atoms with Crippen molar-refractivity contribution in [2.24, 2.45) is 15.7 Å². The summed E-state index contributed by atoms with van der Waals surface area (Å²) in [5, 5.41) is 6.94. The van der Waals surface area contributed by atoms with E-state index in [0.717, 1.165) is 66.5 Å². The van der Waals surface area contributed by atoms with Crippen molar-refractivity contribution >= 4 is 66.2 Å². The van der Waals surface area contributed by atoms with Crippen LogP contribution in [-0.4, -0.2) is 16.2 Å². The first-order valence-electron chi connectivity index (χ1n) is 18.1. The number of amidine groups is 2. The molecule has 0 aliphatic heterocycles. The molecule has 5 nitrogen and oxygen atoms in total.